The molecule has 0 saturated carbocycles. The Morgan fingerprint density at radius 3 is 1.14 bits per heavy atom. The molecule has 0 bridgehead atoms. The summed E-state index contributed by atoms with van der Waals surface area (Å²) in [6.07, 6.45) is -1.19. The average molecular weight is 228 g/mol. The molecule has 3 atom stereocenters. The Hall–Kier alpha value is 0.130. The summed E-state index contributed by atoms with van der Waals surface area (Å²) < 4.78 is 0. The van der Waals surface area contributed by atoms with Gasteiger partial charge in [0, 0.05) is 0 Å². The zero-order valence-electron chi connectivity index (χ0n) is 9.07. The Kier molecular flexibility index (Phi) is 9.98. The number of quaternary nitrogens is 1. The van der Waals surface area contributed by atoms with Crippen molar-refractivity contribution in [2.45, 2.75) is 39.1 Å². The molecule has 0 spiro atoms. The molecule has 0 aromatic heterocycles. The van der Waals surface area contributed by atoms with Crippen LogP contribution in [0, 0.1) is 0 Å². The highest BCUT2D eigenvalue weighted by Crippen LogP contribution is 1.77. The predicted octanol–water partition coefficient (Wildman–Crippen LogP) is -4.98. The largest absolute Gasteiger partial charge is 1.00 e. The van der Waals surface area contributed by atoms with E-state index in [0.717, 1.165) is 4.90 Å². The average Bonchev–Trinajstić information content (AvgIpc) is 1.80. The summed E-state index contributed by atoms with van der Waals surface area (Å²) in [4.78, 5) is 1.03. The van der Waals surface area contributed by atoms with Crippen LogP contribution in [0.15, 0.2) is 0 Å². The van der Waals surface area contributed by atoms with Gasteiger partial charge in [0.05, 0.1) is 0 Å². The van der Waals surface area contributed by atoms with E-state index in [2.05, 4.69) is 0 Å². The first-order valence-corrected chi connectivity index (χ1v) is 4.79. The van der Waals surface area contributed by atoms with Crippen LogP contribution in [-0.2, 0) is 0 Å². The minimum atomic E-state index is -0.396. The summed E-state index contributed by atoms with van der Waals surface area (Å²) in [5.41, 5.74) is 0. The van der Waals surface area contributed by atoms with Gasteiger partial charge < -0.3 is 32.6 Å². The first kappa shape index (κ1) is 16.6. The van der Waals surface area contributed by atoms with Gasteiger partial charge >= 0.3 is 0 Å². The van der Waals surface area contributed by atoms with Crippen molar-refractivity contribution in [2.24, 2.45) is 0 Å². The maximum atomic E-state index is 9.16. The van der Waals surface area contributed by atoms with Crippen LogP contribution in [0.3, 0.4) is 0 Å². The summed E-state index contributed by atoms with van der Waals surface area (Å²) in [6.45, 7) is 6.83. The van der Waals surface area contributed by atoms with Gasteiger partial charge in [0.25, 0.3) is 0 Å². The van der Waals surface area contributed by atoms with Crippen LogP contribution in [0.4, 0.5) is 0 Å². The van der Waals surface area contributed by atoms with E-state index < -0.39 is 18.3 Å². The Bertz CT molecular complexity index is 107. The fourth-order valence-electron chi connectivity index (χ4n) is 1.50. The third-order valence-electron chi connectivity index (χ3n) is 1.75. The molecule has 0 saturated heterocycles. The molecule has 0 aliphatic carbocycles. The van der Waals surface area contributed by atoms with Crippen LogP contribution < -0.4 is 17.3 Å². The van der Waals surface area contributed by atoms with E-state index in [1.807, 2.05) is 0 Å². The molecular weight excluding hydrogens is 206 g/mol. The Morgan fingerprint density at radius 2 is 1.00 bits per heavy atom. The second kappa shape index (κ2) is 8.44. The Balaban J connectivity index is 0. The van der Waals surface area contributed by atoms with Gasteiger partial charge in [0.15, 0.2) is 0 Å². The van der Waals surface area contributed by atoms with Crippen LogP contribution in [0.1, 0.15) is 20.8 Å². The Labute approximate surface area is 92.0 Å². The van der Waals surface area contributed by atoms with Gasteiger partial charge in [0.2, 0.25) is 0 Å². The van der Waals surface area contributed by atoms with Crippen LogP contribution in [0.5, 0.6) is 0 Å². The van der Waals surface area contributed by atoms with E-state index in [1.54, 1.807) is 20.8 Å². The topological polar surface area (TPSA) is 65.1 Å². The summed E-state index contributed by atoms with van der Waals surface area (Å²) in [5, 5.41) is 27.5. The fourth-order valence-corrected chi connectivity index (χ4v) is 1.50. The molecule has 0 aromatic carbocycles. The first-order valence-electron chi connectivity index (χ1n) is 4.79. The van der Waals surface area contributed by atoms with Gasteiger partial charge in [-0.25, -0.2) is 0 Å². The van der Waals surface area contributed by atoms with Crippen LogP contribution in [0.2, 0.25) is 0 Å². The van der Waals surface area contributed by atoms with Crippen LogP contribution in [0.25, 0.3) is 0 Å². The van der Waals surface area contributed by atoms with E-state index in [1.165, 1.54) is 0 Å². The molecule has 0 aliphatic heterocycles. The first-order chi connectivity index (χ1) is 5.91. The second-order valence-electron chi connectivity index (χ2n) is 3.91. The van der Waals surface area contributed by atoms with Gasteiger partial charge in [-0.1, -0.05) is 0 Å². The van der Waals surface area contributed by atoms with E-state index in [-0.39, 0.29) is 12.4 Å². The standard InChI is InChI=1S/C9H21NO3.ClH/c1-7(11)4-10(5-8(2)12)6-9(3)13;/h7-9,11-13H,4-6H2,1-3H3;1H. The zero-order chi connectivity index (χ0) is 10.4. The number of aliphatic hydroxyl groups is 3. The van der Waals surface area contributed by atoms with Gasteiger partial charge in [0.1, 0.15) is 37.9 Å². The van der Waals surface area contributed by atoms with E-state index in [0.29, 0.717) is 19.6 Å². The number of nitrogens with one attached hydrogen (secondary N) is 1. The lowest BCUT2D eigenvalue weighted by atomic mass is 10.2. The highest BCUT2D eigenvalue weighted by Gasteiger charge is 2.16. The highest BCUT2D eigenvalue weighted by atomic mass is 35.5. The van der Waals surface area contributed by atoms with Crippen LogP contribution >= 0.6 is 0 Å². The van der Waals surface area contributed by atoms with E-state index >= 15 is 0 Å². The molecule has 0 aliphatic rings. The molecule has 14 heavy (non-hydrogen) atoms. The number of aliphatic hydroxyl groups excluding tert-OH is 3. The minimum absolute atomic E-state index is 0. The Morgan fingerprint density at radius 1 is 0.786 bits per heavy atom. The minimum Gasteiger partial charge on any atom is -1.00 e. The number of hydrogen-bond acceptors (Lipinski definition) is 3. The molecule has 4 N–H and O–H groups in total. The lowest BCUT2D eigenvalue weighted by Gasteiger charge is -2.23. The molecular formula is C9H22ClNO3. The van der Waals surface area contributed by atoms with Crippen molar-refractivity contribution >= 4 is 0 Å². The molecule has 5 heteroatoms. The van der Waals surface area contributed by atoms with Crippen LogP contribution in [-0.4, -0.2) is 53.3 Å². The molecule has 0 amide bonds. The summed E-state index contributed by atoms with van der Waals surface area (Å²) >= 11 is 0. The molecule has 0 aromatic rings. The van der Waals surface area contributed by atoms with Gasteiger partial charge in [-0.15, -0.1) is 0 Å². The third-order valence-corrected chi connectivity index (χ3v) is 1.75. The maximum Gasteiger partial charge on any atom is 0.103 e. The van der Waals surface area contributed by atoms with Crippen molar-refractivity contribution < 1.29 is 32.6 Å². The number of rotatable bonds is 6. The SMILES string of the molecule is CC(O)C[NH+](CC(C)O)CC(C)O.[Cl-]. The fraction of sp³-hybridized carbons (Fsp3) is 1.00. The molecule has 88 valence electrons. The maximum absolute atomic E-state index is 9.16. The lowest BCUT2D eigenvalue weighted by Crippen LogP contribution is -3.15. The van der Waals surface area contributed by atoms with Gasteiger partial charge in [-0.3, -0.25) is 0 Å². The molecule has 0 heterocycles. The zero-order valence-corrected chi connectivity index (χ0v) is 9.83. The molecule has 0 rings (SSSR count). The normalized spacial score (nSPS) is 19.3. The summed E-state index contributed by atoms with van der Waals surface area (Å²) in [6, 6.07) is 0. The lowest BCUT2D eigenvalue weighted by molar-refractivity contribution is -0.908. The molecule has 0 fully saturated rings. The van der Waals surface area contributed by atoms with Crippen molar-refractivity contribution in [3.05, 3.63) is 0 Å². The molecule has 4 nitrogen and oxygen atoms in total. The molecule has 3 unspecified atom stereocenters. The van der Waals surface area contributed by atoms with Crippen molar-refractivity contribution in [2.75, 3.05) is 19.6 Å². The van der Waals surface area contributed by atoms with Crippen molar-refractivity contribution in [1.29, 1.82) is 0 Å². The highest BCUT2D eigenvalue weighted by molar-refractivity contribution is 4.48. The van der Waals surface area contributed by atoms with Crippen molar-refractivity contribution in [1.82, 2.24) is 0 Å². The second-order valence-corrected chi connectivity index (χ2v) is 3.91. The summed E-state index contributed by atoms with van der Waals surface area (Å²) in [7, 11) is 0. The van der Waals surface area contributed by atoms with Crippen molar-refractivity contribution in [3.63, 3.8) is 0 Å². The van der Waals surface area contributed by atoms with E-state index in [4.69, 9.17) is 15.3 Å². The number of hydrogen-bond donors (Lipinski definition) is 4. The van der Waals surface area contributed by atoms with Gasteiger partial charge in [-0.05, 0) is 20.8 Å². The van der Waals surface area contributed by atoms with Gasteiger partial charge in [-0.2, -0.15) is 0 Å². The van der Waals surface area contributed by atoms with Crippen molar-refractivity contribution in [3.8, 4) is 0 Å². The summed E-state index contributed by atoms with van der Waals surface area (Å²) in [5.74, 6) is 0. The van der Waals surface area contributed by atoms with E-state index in [9.17, 15) is 0 Å². The molecule has 0 radical (unpaired) electrons. The quantitative estimate of drug-likeness (QED) is 0.368. The third kappa shape index (κ3) is 10.2. The monoisotopic (exact) mass is 227 g/mol. The number of halogens is 1. The smallest absolute Gasteiger partial charge is 0.103 e. The predicted molar refractivity (Wildman–Crippen MR) is 50.6 cm³/mol.